The van der Waals surface area contributed by atoms with Crippen molar-refractivity contribution >= 4 is 22.9 Å². The minimum absolute atomic E-state index is 0.0203. The highest BCUT2D eigenvalue weighted by Gasteiger charge is 2.19. The van der Waals surface area contributed by atoms with Crippen LogP contribution in [0, 0.1) is 0 Å². The van der Waals surface area contributed by atoms with E-state index in [1.165, 1.54) is 0 Å². The molecule has 1 aromatic carbocycles. The third-order valence-electron chi connectivity index (χ3n) is 4.12. The van der Waals surface area contributed by atoms with Gasteiger partial charge in [-0.1, -0.05) is 18.2 Å². The lowest BCUT2D eigenvalue weighted by atomic mass is 10.1. The number of aliphatic hydroxyl groups excluding tert-OH is 1. The summed E-state index contributed by atoms with van der Waals surface area (Å²) in [4.78, 5) is 19.8. The molecular weight excluding hydrogens is 320 g/mol. The number of nitrogen functional groups attached to an aromatic ring is 1. The van der Waals surface area contributed by atoms with E-state index >= 15 is 0 Å². The van der Waals surface area contributed by atoms with Crippen LogP contribution in [0.15, 0.2) is 30.5 Å². The van der Waals surface area contributed by atoms with Crippen molar-refractivity contribution in [1.29, 1.82) is 0 Å². The molecule has 2 aromatic heterocycles. The zero-order valence-electron chi connectivity index (χ0n) is 13.6. The number of aromatic nitrogens is 4. The molecular formula is C17H18N6O2. The molecule has 1 aliphatic rings. The second kappa shape index (κ2) is 6.58. The zero-order valence-corrected chi connectivity index (χ0v) is 13.6. The minimum Gasteiger partial charge on any atom is -0.392 e. The molecule has 8 nitrogen and oxygen atoms in total. The Bertz CT molecular complexity index is 911. The van der Waals surface area contributed by atoms with Gasteiger partial charge in [-0.2, -0.15) is 9.97 Å². The van der Waals surface area contributed by atoms with Gasteiger partial charge in [0.15, 0.2) is 17.0 Å². The molecule has 8 heteroatoms. The Hall–Kier alpha value is -2.84. The minimum atomic E-state index is -0.0203. The van der Waals surface area contributed by atoms with E-state index in [2.05, 4.69) is 19.9 Å². The maximum atomic E-state index is 9.34. The highest BCUT2D eigenvalue weighted by molar-refractivity contribution is 5.85. The number of hydrogen-bond donors (Lipinski definition) is 2. The second-order valence-corrected chi connectivity index (χ2v) is 5.79. The van der Waals surface area contributed by atoms with Crippen LogP contribution in [0.25, 0.3) is 22.4 Å². The fourth-order valence-corrected chi connectivity index (χ4v) is 2.87. The Morgan fingerprint density at radius 2 is 2.00 bits per heavy atom. The summed E-state index contributed by atoms with van der Waals surface area (Å²) >= 11 is 0. The lowest BCUT2D eigenvalue weighted by Crippen LogP contribution is -2.37. The molecule has 0 radical (unpaired) electrons. The first kappa shape index (κ1) is 15.7. The number of fused-ring (bicyclic) bond motifs is 1. The molecule has 0 amide bonds. The van der Waals surface area contributed by atoms with Gasteiger partial charge in [0.05, 0.1) is 31.7 Å². The van der Waals surface area contributed by atoms with E-state index in [9.17, 15) is 5.11 Å². The average Bonchev–Trinajstić information content (AvgIpc) is 2.67. The zero-order chi connectivity index (χ0) is 17.2. The van der Waals surface area contributed by atoms with Crippen molar-refractivity contribution in [3.05, 3.63) is 36.0 Å². The number of nitrogens with zero attached hydrogens (tertiary/aromatic N) is 5. The van der Waals surface area contributed by atoms with Crippen LogP contribution in [0.4, 0.5) is 11.8 Å². The lowest BCUT2D eigenvalue weighted by Gasteiger charge is -2.28. The Balaban J connectivity index is 1.84. The van der Waals surface area contributed by atoms with Gasteiger partial charge >= 0.3 is 0 Å². The highest BCUT2D eigenvalue weighted by Crippen LogP contribution is 2.26. The van der Waals surface area contributed by atoms with E-state index in [1.54, 1.807) is 6.20 Å². The predicted octanol–water partition coefficient (Wildman–Crippen LogP) is 0.998. The van der Waals surface area contributed by atoms with Gasteiger partial charge in [-0.25, -0.2) is 9.97 Å². The molecule has 1 fully saturated rings. The quantitative estimate of drug-likeness (QED) is 0.728. The van der Waals surface area contributed by atoms with E-state index in [-0.39, 0.29) is 12.6 Å². The van der Waals surface area contributed by atoms with E-state index in [0.29, 0.717) is 35.9 Å². The number of nitrogens with two attached hydrogens (primary N) is 1. The van der Waals surface area contributed by atoms with Crippen LogP contribution >= 0.6 is 0 Å². The molecule has 0 saturated carbocycles. The molecule has 128 valence electrons. The first-order valence-electron chi connectivity index (χ1n) is 8.08. The van der Waals surface area contributed by atoms with Crippen molar-refractivity contribution in [2.24, 2.45) is 0 Å². The standard InChI is InChI=1S/C17H18N6O2/c18-17-21-15-14(16(22-17)23-4-6-25-7-5-23)20-13(9-19-15)12-3-1-2-11(8-12)10-24/h1-3,8-9,24H,4-7,10H2,(H2,18,19,21,22). The molecule has 0 unspecified atom stereocenters. The normalized spacial score (nSPS) is 14.8. The van der Waals surface area contributed by atoms with Crippen LogP contribution in [-0.2, 0) is 11.3 Å². The van der Waals surface area contributed by atoms with Crippen LogP contribution in [-0.4, -0.2) is 51.3 Å². The summed E-state index contributed by atoms with van der Waals surface area (Å²) in [6.07, 6.45) is 1.66. The highest BCUT2D eigenvalue weighted by atomic mass is 16.5. The molecule has 1 aliphatic heterocycles. The lowest BCUT2D eigenvalue weighted by molar-refractivity contribution is 0.122. The van der Waals surface area contributed by atoms with E-state index < -0.39 is 0 Å². The third kappa shape index (κ3) is 3.09. The molecule has 0 aliphatic carbocycles. The number of benzene rings is 1. The van der Waals surface area contributed by atoms with Gasteiger partial charge in [0, 0.05) is 18.7 Å². The summed E-state index contributed by atoms with van der Waals surface area (Å²) in [5.41, 5.74) is 9.33. The first-order valence-corrected chi connectivity index (χ1v) is 8.08. The van der Waals surface area contributed by atoms with Crippen LogP contribution in [0.1, 0.15) is 5.56 Å². The number of rotatable bonds is 3. The van der Waals surface area contributed by atoms with Crippen LogP contribution < -0.4 is 10.6 Å². The van der Waals surface area contributed by atoms with Crippen molar-refractivity contribution in [3.8, 4) is 11.3 Å². The van der Waals surface area contributed by atoms with Gasteiger partial charge in [-0.05, 0) is 11.6 Å². The number of aliphatic hydroxyl groups is 1. The van der Waals surface area contributed by atoms with Gasteiger partial charge in [0.25, 0.3) is 0 Å². The van der Waals surface area contributed by atoms with E-state index in [4.69, 9.17) is 15.5 Å². The van der Waals surface area contributed by atoms with Gasteiger partial charge in [0.1, 0.15) is 0 Å². The molecule has 3 heterocycles. The van der Waals surface area contributed by atoms with Crippen LogP contribution in [0.5, 0.6) is 0 Å². The molecule has 3 N–H and O–H groups in total. The molecule has 0 spiro atoms. The van der Waals surface area contributed by atoms with Crippen molar-refractivity contribution in [2.45, 2.75) is 6.61 Å². The van der Waals surface area contributed by atoms with Gasteiger partial charge in [-0.15, -0.1) is 0 Å². The van der Waals surface area contributed by atoms with Gasteiger partial charge in [-0.3, -0.25) is 0 Å². The Morgan fingerprint density at radius 1 is 1.16 bits per heavy atom. The smallest absolute Gasteiger partial charge is 0.224 e. The van der Waals surface area contributed by atoms with Crippen molar-refractivity contribution in [1.82, 2.24) is 19.9 Å². The third-order valence-corrected chi connectivity index (χ3v) is 4.12. The number of anilines is 2. The van der Waals surface area contributed by atoms with E-state index in [0.717, 1.165) is 24.2 Å². The van der Waals surface area contributed by atoms with Gasteiger partial charge < -0.3 is 20.5 Å². The summed E-state index contributed by atoms with van der Waals surface area (Å²) < 4.78 is 5.41. The summed E-state index contributed by atoms with van der Waals surface area (Å²) in [5.74, 6) is 0.858. The van der Waals surface area contributed by atoms with Crippen molar-refractivity contribution in [2.75, 3.05) is 36.9 Å². The predicted molar refractivity (Wildman–Crippen MR) is 93.9 cm³/mol. The molecule has 0 bridgehead atoms. The SMILES string of the molecule is Nc1nc(N2CCOCC2)c2nc(-c3cccc(CO)c3)cnc2n1. The fourth-order valence-electron chi connectivity index (χ4n) is 2.87. The van der Waals surface area contributed by atoms with Gasteiger partial charge in [0.2, 0.25) is 5.95 Å². The largest absolute Gasteiger partial charge is 0.392 e. The summed E-state index contributed by atoms with van der Waals surface area (Å²) in [6.45, 7) is 2.69. The second-order valence-electron chi connectivity index (χ2n) is 5.79. The number of ether oxygens (including phenoxy) is 1. The average molecular weight is 338 g/mol. The monoisotopic (exact) mass is 338 g/mol. The topological polar surface area (TPSA) is 110 Å². The summed E-state index contributed by atoms with van der Waals surface area (Å²) in [5, 5.41) is 9.34. The Morgan fingerprint density at radius 3 is 2.80 bits per heavy atom. The van der Waals surface area contributed by atoms with Crippen LogP contribution in [0.3, 0.4) is 0 Å². The fraction of sp³-hybridized carbons (Fsp3) is 0.294. The maximum Gasteiger partial charge on any atom is 0.224 e. The van der Waals surface area contributed by atoms with Crippen molar-refractivity contribution < 1.29 is 9.84 Å². The number of hydrogen-bond acceptors (Lipinski definition) is 8. The number of morpholine rings is 1. The van der Waals surface area contributed by atoms with Crippen LogP contribution in [0.2, 0.25) is 0 Å². The molecule has 1 saturated heterocycles. The molecule has 0 atom stereocenters. The Labute approximate surface area is 144 Å². The first-order chi connectivity index (χ1) is 12.2. The maximum absolute atomic E-state index is 9.34. The van der Waals surface area contributed by atoms with E-state index in [1.807, 2.05) is 24.3 Å². The van der Waals surface area contributed by atoms with Crippen molar-refractivity contribution in [3.63, 3.8) is 0 Å². The summed E-state index contributed by atoms with van der Waals surface area (Å²) in [6, 6.07) is 7.57. The molecule has 3 aromatic rings. The Kier molecular flexibility index (Phi) is 4.12. The molecule has 25 heavy (non-hydrogen) atoms. The molecule has 4 rings (SSSR count). The summed E-state index contributed by atoms with van der Waals surface area (Å²) in [7, 11) is 0.